The van der Waals surface area contributed by atoms with Gasteiger partial charge in [-0.05, 0) is 26.7 Å². The number of thiazole rings is 1. The van der Waals surface area contributed by atoms with Gasteiger partial charge in [0.15, 0.2) is 0 Å². The molecule has 88 valence electrons. The van der Waals surface area contributed by atoms with Crippen LogP contribution in [0.3, 0.4) is 0 Å². The van der Waals surface area contributed by atoms with Crippen molar-refractivity contribution in [1.29, 1.82) is 0 Å². The highest BCUT2D eigenvalue weighted by Crippen LogP contribution is 2.32. The molecule has 0 aliphatic heterocycles. The fourth-order valence-corrected chi connectivity index (χ4v) is 2.57. The Labute approximate surface area is 99.3 Å². The summed E-state index contributed by atoms with van der Waals surface area (Å²) in [5.74, 6) is -0.00797. The lowest BCUT2D eigenvalue weighted by Crippen LogP contribution is -2.43. The molecule has 0 aromatic carbocycles. The number of aromatic nitrogens is 1. The molecule has 0 unspecified atom stereocenters. The molecule has 1 aromatic heterocycles. The quantitative estimate of drug-likeness (QED) is 0.820. The predicted octanol–water partition coefficient (Wildman–Crippen LogP) is 0.910. The molecule has 0 bridgehead atoms. The average molecular weight is 239 g/mol. The van der Waals surface area contributed by atoms with E-state index in [9.17, 15) is 4.79 Å². The number of nitrogens with two attached hydrogens (primary N) is 1. The fourth-order valence-electron chi connectivity index (χ4n) is 1.63. The maximum absolute atomic E-state index is 11.6. The molecule has 3 N–H and O–H groups in total. The van der Waals surface area contributed by atoms with Crippen LogP contribution in [-0.4, -0.2) is 23.0 Å². The van der Waals surface area contributed by atoms with Crippen LogP contribution in [0, 0.1) is 13.8 Å². The van der Waals surface area contributed by atoms with Crippen LogP contribution in [0.4, 0.5) is 0 Å². The number of aryl methyl sites for hydroxylation is 2. The van der Waals surface area contributed by atoms with E-state index in [1.54, 1.807) is 11.3 Å². The standard InChI is InChI=1S/C11H17N3OS/c1-7-9(16-8(2)14-7)3-6-13-10(15)11(12)4-5-11/h3-6,12H2,1-2H3,(H,13,15). The van der Waals surface area contributed by atoms with Crippen molar-refractivity contribution >= 4 is 17.2 Å². The lowest BCUT2D eigenvalue weighted by atomic mass is 10.2. The van der Waals surface area contributed by atoms with Gasteiger partial charge >= 0.3 is 0 Å². The predicted molar refractivity (Wildman–Crippen MR) is 64.5 cm³/mol. The Kier molecular flexibility index (Phi) is 2.99. The van der Waals surface area contributed by atoms with E-state index < -0.39 is 5.54 Å². The smallest absolute Gasteiger partial charge is 0.240 e. The Balaban J connectivity index is 1.80. The van der Waals surface area contributed by atoms with Gasteiger partial charge in [-0.1, -0.05) is 0 Å². The van der Waals surface area contributed by atoms with E-state index in [1.807, 2.05) is 13.8 Å². The summed E-state index contributed by atoms with van der Waals surface area (Å²) < 4.78 is 0. The summed E-state index contributed by atoms with van der Waals surface area (Å²) in [7, 11) is 0. The summed E-state index contributed by atoms with van der Waals surface area (Å²) in [6, 6.07) is 0. The molecule has 1 fully saturated rings. The van der Waals surface area contributed by atoms with Crippen molar-refractivity contribution in [2.24, 2.45) is 5.73 Å². The van der Waals surface area contributed by atoms with E-state index in [4.69, 9.17) is 5.73 Å². The van der Waals surface area contributed by atoms with Crippen LogP contribution in [0.25, 0.3) is 0 Å². The van der Waals surface area contributed by atoms with Gasteiger partial charge in [-0.2, -0.15) is 0 Å². The Bertz CT molecular complexity index is 409. The lowest BCUT2D eigenvalue weighted by Gasteiger charge is -2.09. The summed E-state index contributed by atoms with van der Waals surface area (Å²) in [6.45, 7) is 4.66. The normalized spacial score (nSPS) is 17.2. The second kappa shape index (κ2) is 4.14. The van der Waals surface area contributed by atoms with Crippen molar-refractivity contribution in [3.8, 4) is 0 Å². The maximum Gasteiger partial charge on any atom is 0.240 e. The van der Waals surface area contributed by atoms with Crippen LogP contribution in [0.5, 0.6) is 0 Å². The molecular formula is C11H17N3OS. The Morgan fingerprint density at radius 2 is 2.25 bits per heavy atom. The van der Waals surface area contributed by atoms with E-state index in [0.29, 0.717) is 6.54 Å². The second-order valence-corrected chi connectivity index (χ2v) is 5.69. The molecule has 0 saturated heterocycles. The van der Waals surface area contributed by atoms with Crippen molar-refractivity contribution in [3.63, 3.8) is 0 Å². The minimum Gasteiger partial charge on any atom is -0.354 e. The number of nitrogens with one attached hydrogen (secondary N) is 1. The summed E-state index contributed by atoms with van der Waals surface area (Å²) >= 11 is 1.70. The second-order valence-electron chi connectivity index (χ2n) is 4.40. The highest BCUT2D eigenvalue weighted by atomic mass is 32.1. The molecule has 1 amide bonds. The van der Waals surface area contributed by atoms with Gasteiger partial charge < -0.3 is 11.1 Å². The van der Waals surface area contributed by atoms with E-state index in [1.165, 1.54) is 4.88 Å². The Morgan fingerprint density at radius 3 is 2.75 bits per heavy atom. The number of nitrogens with zero attached hydrogens (tertiary/aromatic N) is 1. The van der Waals surface area contributed by atoms with E-state index in [0.717, 1.165) is 30.0 Å². The molecule has 0 radical (unpaired) electrons. The number of carbonyl (C=O) groups excluding carboxylic acids is 1. The molecule has 0 spiro atoms. The number of hydrogen-bond donors (Lipinski definition) is 2. The van der Waals surface area contributed by atoms with Gasteiger partial charge in [-0.25, -0.2) is 4.98 Å². The molecule has 4 nitrogen and oxygen atoms in total. The minimum absolute atomic E-state index is 0.00797. The topological polar surface area (TPSA) is 68.0 Å². The van der Waals surface area contributed by atoms with Crippen molar-refractivity contribution in [1.82, 2.24) is 10.3 Å². The zero-order valence-electron chi connectivity index (χ0n) is 9.67. The van der Waals surface area contributed by atoms with Crippen molar-refractivity contribution in [2.75, 3.05) is 6.54 Å². The molecule has 1 aliphatic rings. The van der Waals surface area contributed by atoms with Crippen molar-refractivity contribution in [3.05, 3.63) is 15.6 Å². The van der Waals surface area contributed by atoms with Crippen LogP contribution in [0.2, 0.25) is 0 Å². The van der Waals surface area contributed by atoms with Gasteiger partial charge in [0.2, 0.25) is 5.91 Å². The van der Waals surface area contributed by atoms with Gasteiger partial charge in [0.25, 0.3) is 0 Å². The third-order valence-corrected chi connectivity index (χ3v) is 4.01. The maximum atomic E-state index is 11.6. The summed E-state index contributed by atoms with van der Waals surface area (Å²) in [4.78, 5) is 17.2. The monoisotopic (exact) mass is 239 g/mol. The fraction of sp³-hybridized carbons (Fsp3) is 0.636. The number of carbonyl (C=O) groups is 1. The van der Waals surface area contributed by atoms with Crippen LogP contribution in [0.15, 0.2) is 0 Å². The largest absolute Gasteiger partial charge is 0.354 e. The summed E-state index contributed by atoms with van der Waals surface area (Å²) in [5.41, 5.74) is 6.30. The van der Waals surface area contributed by atoms with Crippen molar-refractivity contribution in [2.45, 2.75) is 38.6 Å². The Morgan fingerprint density at radius 1 is 1.56 bits per heavy atom. The third-order valence-electron chi connectivity index (χ3n) is 2.88. The first-order valence-corrected chi connectivity index (χ1v) is 6.33. The number of amides is 1. The van der Waals surface area contributed by atoms with Gasteiger partial charge in [-0.15, -0.1) is 11.3 Å². The van der Waals surface area contributed by atoms with E-state index in [2.05, 4.69) is 10.3 Å². The molecule has 2 rings (SSSR count). The molecular weight excluding hydrogens is 222 g/mol. The van der Waals surface area contributed by atoms with Gasteiger partial charge in [0.05, 0.1) is 16.2 Å². The van der Waals surface area contributed by atoms with E-state index >= 15 is 0 Å². The molecule has 1 heterocycles. The molecule has 1 aliphatic carbocycles. The first-order valence-electron chi connectivity index (χ1n) is 5.51. The first-order chi connectivity index (χ1) is 7.51. The van der Waals surface area contributed by atoms with Gasteiger partial charge in [-0.3, -0.25) is 4.79 Å². The number of hydrogen-bond acceptors (Lipinski definition) is 4. The average Bonchev–Trinajstić information content (AvgIpc) is 2.88. The van der Waals surface area contributed by atoms with E-state index in [-0.39, 0.29) is 5.91 Å². The number of rotatable bonds is 4. The molecule has 0 atom stereocenters. The van der Waals surface area contributed by atoms with Gasteiger partial charge in [0.1, 0.15) is 0 Å². The third kappa shape index (κ3) is 2.41. The van der Waals surface area contributed by atoms with Crippen LogP contribution in [-0.2, 0) is 11.2 Å². The molecule has 5 heteroatoms. The van der Waals surface area contributed by atoms with Crippen LogP contribution >= 0.6 is 11.3 Å². The zero-order chi connectivity index (χ0) is 11.8. The van der Waals surface area contributed by atoms with Crippen LogP contribution in [0.1, 0.15) is 28.4 Å². The summed E-state index contributed by atoms with van der Waals surface area (Å²) in [5, 5.41) is 3.96. The molecule has 16 heavy (non-hydrogen) atoms. The highest BCUT2D eigenvalue weighted by Gasteiger charge is 2.45. The SMILES string of the molecule is Cc1nc(C)c(CCNC(=O)C2(N)CC2)s1. The van der Waals surface area contributed by atoms with Gasteiger partial charge in [0, 0.05) is 17.8 Å². The molecule has 1 saturated carbocycles. The van der Waals surface area contributed by atoms with Crippen molar-refractivity contribution < 1.29 is 4.79 Å². The highest BCUT2D eigenvalue weighted by molar-refractivity contribution is 7.11. The molecule has 1 aromatic rings. The van der Waals surface area contributed by atoms with Crippen LogP contribution < -0.4 is 11.1 Å². The summed E-state index contributed by atoms with van der Waals surface area (Å²) in [6.07, 6.45) is 2.48. The zero-order valence-corrected chi connectivity index (χ0v) is 10.5. The lowest BCUT2D eigenvalue weighted by molar-refractivity contribution is -0.123. The first kappa shape index (κ1) is 11.5. The Hall–Kier alpha value is -0.940. The minimum atomic E-state index is -0.557.